The number of benzene rings is 1. The van der Waals surface area contributed by atoms with E-state index in [-0.39, 0.29) is 0 Å². The van der Waals surface area contributed by atoms with Crippen molar-refractivity contribution in [3.8, 4) is 0 Å². The zero-order valence-electron chi connectivity index (χ0n) is 10.3. The highest BCUT2D eigenvalue weighted by Gasteiger charge is 2.21. The third kappa shape index (κ3) is 2.54. The molecule has 0 aliphatic carbocycles. The average Bonchev–Trinajstić information content (AvgIpc) is 2.17. The molecular formula is C13H19NO2. The largest absolute Gasteiger partial charge is 0.480 e. The maximum absolute atomic E-state index is 11.1. The van der Waals surface area contributed by atoms with Crippen molar-refractivity contribution in [2.75, 3.05) is 11.9 Å². The van der Waals surface area contributed by atoms with E-state index < -0.39 is 12.0 Å². The molecule has 1 aromatic carbocycles. The van der Waals surface area contributed by atoms with Gasteiger partial charge in [-0.3, -0.25) is 0 Å². The molecule has 0 fully saturated rings. The molecule has 1 rings (SSSR count). The van der Waals surface area contributed by atoms with Crippen LogP contribution in [0.15, 0.2) is 18.2 Å². The summed E-state index contributed by atoms with van der Waals surface area (Å²) in [4.78, 5) is 12.9. The number of carboxylic acids is 1. The lowest BCUT2D eigenvalue weighted by molar-refractivity contribution is -0.138. The summed E-state index contributed by atoms with van der Waals surface area (Å²) in [6, 6.07) is 5.60. The van der Waals surface area contributed by atoms with Gasteiger partial charge in [-0.15, -0.1) is 0 Å². The van der Waals surface area contributed by atoms with E-state index in [2.05, 4.69) is 6.07 Å². The minimum absolute atomic E-state index is 0.457. The molecule has 0 amide bonds. The van der Waals surface area contributed by atoms with Crippen molar-refractivity contribution in [1.82, 2.24) is 0 Å². The highest BCUT2D eigenvalue weighted by molar-refractivity contribution is 5.78. The van der Waals surface area contributed by atoms with Crippen LogP contribution in [0.2, 0.25) is 0 Å². The SMILES string of the molecule is CC[C@H](C(=O)O)N(C)c1ccc(C)cc1C. The number of hydrogen-bond acceptors (Lipinski definition) is 2. The molecule has 1 aromatic rings. The molecule has 0 spiro atoms. The number of likely N-dealkylation sites (N-methyl/N-ethyl adjacent to an activating group) is 1. The first-order chi connectivity index (χ1) is 7.47. The summed E-state index contributed by atoms with van der Waals surface area (Å²) < 4.78 is 0. The Labute approximate surface area is 96.7 Å². The van der Waals surface area contributed by atoms with Crippen LogP contribution in [0.25, 0.3) is 0 Å². The summed E-state index contributed by atoms with van der Waals surface area (Å²) in [6.07, 6.45) is 0.596. The molecule has 3 heteroatoms. The lowest BCUT2D eigenvalue weighted by Gasteiger charge is -2.27. The van der Waals surface area contributed by atoms with Crippen molar-refractivity contribution in [3.05, 3.63) is 29.3 Å². The monoisotopic (exact) mass is 221 g/mol. The van der Waals surface area contributed by atoms with Crippen molar-refractivity contribution in [3.63, 3.8) is 0 Å². The molecule has 16 heavy (non-hydrogen) atoms. The van der Waals surface area contributed by atoms with Crippen LogP contribution < -0.4 is 4.90 Å². The van der Waals surface area contributed by atoms with Crippen molar-refractivity contribution in [2.45, 2.75) is 33.2 Å². The van der Waals surface area contributed by atoms with Gasteiger partial charge in [0.15, 0.2) is 0 Å². The maximum Gasteiger partial charge on any atom is 0.326 e. The van der Waals surface area contributed by atoms with Crippen LogP contribution in [-0.2, 0) is 4.79 Å². The first-order valence-electron chi connectivity index (χ1n) is 5.50. The summed E-state index contributed by atoms with van der Waals surface area (Å²) >= 11 is 0. The molecule has 0 unspecified atom stereocenters. The second-order valence-corrected chi connectivity index (χ2v) is 4.16. The highest BCUT2D eigenvalue weighted by Crippen LogP contribution is 2.22. The smallest absolute Gasteiger partial charge is 0.326 e. The molecule has 1 N–H and O–H groups in total. The first-order valence-corrected chi connectivity index (χ1v) is 5.50. The number of aryl methyl sites for hydroxylation is 2. The molecule has 0 bridgehead atoms. The predicted molar refractivity (Wildman–Crippen MR) is 66.0 cm³/mol. The summed E-state index contributed by atoms with van der Waals surface area (Å²) in [5, 5.41) is 9.11. The van der Waals surface area contributed by atoms with Crippen LogP contribution in [0, 0.1) is 13.8 Å². The first kappa shape index (κ1) is 12.6. The van der Waals surface area contributed by atoms with Gasteiger partial charge in [0.05, 0.1) is 0 Å². The second kappa shape index (κ2) is 5.01. The molecule has 88 valence electrons. The summed E-state index contributed by atoms with van der Waals surface area (Å²) in [5.41, 5.74) is 3.29. The number of carboxylic acid groups (broad SMARTS) is 1. The van der Waals surface area contributed by atoms with Crippen molar-refractivity contribution >= 4 is 11.7 Å². The quantitative estimate of drug-likeness (QED) is 0.849. The Balaban J connectivity index is 3.03. The number of aliphatic carboxylic acids is 1. The molecule has 0 heterocycles. The molecule has 0 radical (unpaired) electrons. The van der Waals surface area contributed by atoms with Crippen LogP contribution in [0.4, 0.5) is 5.69 Å². The number of nitrogens with zero attached hydrogens (tertiary/aromatic N) is 1. The lowest BCUT2D eigenvalue weighted by atomic mass is 10.1. The molecule has 0 aliphatic heterocycles. The van der Waals surface area contributed by atoms with Crippen molar-refractivity contribution in [1.29, 1.82) is 0 Å². The zero-order chi connectivity index (χ0) is 12.3. The van der Waals surface area contributed by atoms with E-state index in [1.807, 2.05) is 44.9 Å². The van der Waals surface area contributed by atoms with Gasteiger partial charge in [-0.1, -0.05) is 24.6 Å². The van der Waals surface area contributed by atoms with E-state index in [0.717, 1.165) is 11.3 Å². The van der Waals surface area contributed by atoms with Crippen LogP contribution >= 0.6 is 0 Å². The fraction of sp³-hybridized carbons (Fsp3) is 0.462. The Bertz CT molecular complexity index is 388. The summed E-state index contributed by atoms with van der Waals surface area (Å²) in [6.45, 7) is 5.93. The Morgan fingerprint density at radius 2 is 2.06 bits per heavy atom. The third-order valence-corrected chi connectivity index (χ3v) is 2.87. The minimum atomic E-state index is -0.773. The molecule has 0 saturated carbocycles. The minimum Gasteiger partial charge on any atom is -0.480 e. The maximum atomic E-state index is 11.1. The van der Waals surface area contributed by atoms with Crippen LogP contribution in [0.5, 0.6) is 0 Å². The van der Waals surface area contributed by atoms with Gasteiger partial charge in [0.2, 0.25) is 0 Å². The number of rotatable bonds is 4. The average molecular weight is 221 g/mol. The predicted octanol–water partition coefficient (Wildman–Crippen LogP) is 2.60. The van der Waals surface area contributed by atoms with E-state index >= 15 is 0 Å². The Morgan fingerprint density at radius 3 is 2.50 bits per heavy atom. The van der Waals surface area contributed by atoms with Gasteiger partial charge in [-0.2, -0.15) is 0 Å². The van der Waals surface area contributed by atoms with E-state index in [0.29, 0.717) is 6.42 Å². The van der Waals surface area contributed by atoms with E-state index in [1.165, 1.54) is 5.56 Å². The normalized spacial score (nSPS) is 12.2. The highest BCUT2D eigenvalue weighted by atomic mass is 16.4. The Hall–Kier alpha value is -1.51. The third-order valence-electron chi connectivity index (χ3n) is 2.87. The second-order valence-electron chi connectivity index (χ2n) is 4.16. The zero-order valence-corrected chi connectivity index (χ0v) is 10.3. The van der Waals surface area contributed by atoms with Gasteiger partial charge < -0.3 is 10.0 Å². The fourth-order valence-electron chi connectivity index (χ4n) is 1.98. The van der Waals surface area contributed by atoms with Gasteiger partial charge in [0, 0.05) is 12.7 Å². The van der Waals surface area contributed by atoms with Crippen molar-refractivity contribution < 1.29 is 9.90 Å². The van der Waals surface area contributed by atoms with E-state index in [1.54, 1.807) is 0 Å². The molecule has 0 saturated heterocycles. The molecule has 1 atom stereocenters. The van der Waals surface area contributed by atoms with Gasteiger partial charge in [0.1, 0.15) is 6.04 Å². The summed E-state index contributed by atoms with van der Waals surface area (Å²) in [5.74, 6) is -0.773. The number of anilines is 1. The molecule has 0 aliphatic rings. The number of carbonyl (C=O) groups is 1. The van der Waals surface area contributed by atoms with Crippen LogP contribution in [0.3, 0.4) is 0 Å². The van der Waals surface area contributed by atoms with Crippen LogP contribution in [0.1, 0.15) is 24.5 Å². The molecule has 0 aromatic heterocycles. The Kier molecular flexibility index (Phi) is 3.93. The lowest BCUT2D eigenvalue weighted by Crippen LogP contribution is -2.38. The Morgan fingerprint density at radius 1 is 1.44 bits per heavy atom. The molecular weight excluding hydrogens is 202 g/mol. The van der Waals surface area contributed by atoms with Gasteiger partial charge in [-0.25, -0.2) is 4.79 Å². The van der Waals surface area contributed by atoms with E-state index in [4.69, 9.17) is 5.11 Å². The van der Waals surface area contributed by atoms with Crippen LogP contribution in [-0.4, -0.2) is 24.2 Å². The number of hydrogen-bond donors (Lipinski definition) is 1. The van der Waals surface area contributed by atoms with E-state index in [9.17, 15) is 4.79 Å². The topological polar surface area (TPSA) is 40.5 Å². The fourth-order valence-corrected chi connectivity index (χ4v) is 1.98. The molecule has 3 nitrogen and oxygen atoms in total. The summed E-state index contributed by atoms with van der Waals surface area (Å²) in [7, 11) is 1.83. The van der Waals surface area contributed by atoms with Gasteiger partial charge >= 0.3 is 5.97 Å². The van der Waals surface area contributed by atoms with Gasteiger partial charge in [0.25, 0.3) is 0 Å². The van der Waals surface area contributed by atoms with Crippen molar-refractivity contribution in [2.24, 2.45) is 0 Å². The standard InChI is InChI=1S/C13H19NO2/c1-5-11(13(15)16)14(4)12-7-6-9(2)8-10(12)3/h6-8,11H,5H2,1-4H3,(H,15,16)/t11-/m1/s1. The van der Waals surface area contributed by atoms with Gasteiger partial charge in [-0.05, 0) is 31.9 Å².